The smallest absolute Gasteiger partial charge is 0.243 e. The van der Waals surface area contributed by atoms with Crippen LogP contribution in [0.15, 0.2) is 71.9 Å². The van der Waals surface area contributed by atoms with E-state index >= 15 is 0 Å². The number of amides is 1. The molecule has 0 saturated heterocycles. The Morgan fingerprint density at radius 2 is 1.85 bits per heavy atom. The Labute approximate surface area is 158 Å². The first kappa shape index (κ1) is 19.0. The monoisotopic (exact) mass is 383 g/mol. The zero-order valence-electron chi connectivity index (χ0n) is 15.0. The molecule has 27 heavy (non-hydrogen) atoms. The van der Waals surface area contributed by atoms with Crippen LogP contribution >= 0.6 is 0 Å². The van der Waals surface area contributed by atoms with E-state index in [1.807, 2.05) is 36.4 Å². The number of nitrogens with zero attached hydrogens (tertiary/aromatic N) is 2. The summed E-state index contributed by atoms with van der Waals surface area (Å²) in [4.78, 5) is 16.3. The molecule has 1 heterocycles. The lowest BCUT2D eigenvalue weighted by atomic mass is 10.1. The van der Waals surface area contributed by atoms with Crippen LogP contribution in [-0.4, -0.2) is 43.8 Å². The van der Waals surface area contributed by atoms with Crippen molar-refractivity contribution in [3.8, 4) is 0 Å². The number of aromatic nitrogens is 1. The lowest BCUT2D eigenvalue weighted by molar-refractivity contribution is -0.121. The van der Waals surface area contributed by atoms with Crippen LogP contribution in [0.25, 0.3) is 10.8 Å². The average Bonchev–Trinajstić information content (AvgIpc) is 2.68. The molecule has 1 N–H and O–H groups in total. The van der Waals surface area contributed by atoms with Crippen LogP contribution in [-0.2, 0) is 21.2 Å². The predicted molar refractivity (Wildman–Crippen MR) is 105 cm³/mol. The van der Waals surface area contributed by atoms with E-state index in [0.717, 1.165) is 20.6 Å². The maximum absolute atomic E-state index is 12.7. The first-order valence-corrected chi connectivity index (χ1v) is 10.0. The van der Waals surface area contributed by atoms with Gasteiger partial charge in [0.25, 0.3) is 0 Å². The second-order valence-electron chi connectivity index (χ2n) is 6.23. The number of sulfonamides is 1. The Morgan fingerprint density at radius 1 is 1.07 bits per heavy atom. The van der Waals surface area contributed by atoms with E-state index in [0.29, 0.717) is 13.0 Å². The van der Waals surface area contributed by atoms with Gasteiger partial charge in [-0.2, -0.15) is 4.31 Å². The normalized spacial score (nSPS) is 11.6. The Balaban J connectivity index is 1.61. The molecular weight excluding hydrogens is 362 g/mol. The number of hydrogen-bond donors (Lipinski definition) is 1. The SMILES string of the molecule is CN(CC(=O)NCCc1cccnc1)S(=O)(=O)c1ccc2ccccc2c1. The van der Waals surface area contributed by atoms with Gasteiger partial charge >= 0.3 is 0 Å². The third kappa shape index (κ3) is 4.69. The van der Waals surface area contributed by atoms with E-state index in [-0.39, 0.29) is 17.3 Å². The largest absolute Gasteiger partial charge is 0.355 e. The molecule has 0 bridgehead atoms. The third-order valence-corrected chi connectivity index (χ3v) is 6.05. The van der Waals surface area contributed by atoms with Crippen molar-refractivity contribution in [2.24, 2.45) is 0 Å². The van der Waals surface area contributed by atoms with Gasteiger partial charge in [-0.15, -0.1) is 0 Å². The Kier molecular flexibility index (Phi) is 5.83. The molecule has 140 valence electrons. The number of likely N-dealkylation sites (N-methyl/N-ethyl adjacent to an activating group) is 1. The Morgan fingerprint density at radius 3 is 2.59 bits per heavy atom. The summed E-state index contributed by atoms with van der Waals surface area (Å²) in [5.41, 5.74) is 1.01. The van der Waals surface area contributed by atoms with Gasteiger partial charge < -0.3 is 5.32 Å². The number of carbonyl (C=O) groups is 1. The maximum Gasteiger partial charge on any atom is 0.243 e. The summed E-state index contributed by atoms with van der Waals surface area (Å²) in [7, 11) is -2.33. The molecule has 7 heteroatoms. The molecule has 3 rings (SSSR count). The molecule has 3 aromatic rings. The minimum Gasteiger partial charge on any atom is -0.355 e. The van der Waals surface area contributed by atoms with E-state index in [2.05, 4.69) is 10.3 Å². The first-order valence-electron chi connectivity index (χ1n) is 8.57. The van der Waals surface area contributed by atoms with Gasteiger partial charge in [-0.1, -0.05) is 36.4 Å². The fourth-order valence-corrected chi connectivity index (χ4v) is 3.91. The van der Waals surface area contributed by atoms with Crippen molar-refractivity contribution in [3.63, 3.8) is 0 Å². The molecule has 0 aliphatic heterocycles. The number of pyridine rings is 1. The molecule has 0 saturated carbocycles. The zero-order valence-corrected chi connectivity index (χ0v) is 15.8. The number of rotatable bonds is 7. The van der Waals surface area contributed by atoms with Crippen molar-refractivity contribution in [2.45, 2.75) is 11.3 Å². The van der Waals surface area contributed by atoms with Gasteiger partial charge in [0.15, 0.2) is 0 Å². The number of hydrogen-bond acceptors (Lipinski definition) is 4. The van der Waals surface area contributed by atoms with Crippen LogP contribution in [0.3, 0.4) is 0 Å². The van der Waals surface area contributed by atoms with Crippen molar-refractivity contribution in [1.82, 2.24) is 14.6 Å². The summed E-state index contributed by atoms with van der Waals surface area (Å²) in [6.45, 7) is 0.191. The Hall–Kier alpha value is -2.77. The summed E-state index contributed by atoms with van der Waals surface area (Å²) >= 11 is 0. The van der Waals surface area contributed by atoms with Crippen LogP contribution in [0.4, 0.5) is 0 Å². The van der Waals surface area contributed by atoms with Gasteiger partial charge in [0.2, 0.25) is 15.9 Å². The van der Waals surface area contributed by atoms with E-state index in [9.17, 15) is 13.2 Å². The molecule has 0 spiro atoms. The highest BCUT2D eigenvalue weighted by Gasteiger charge is 2.23. The molecule has 0 aliphatic carbocycles. The van der Waals surface area contributed by atoms with Gasteiger partial charge in [-0.05, 0) is 41.0 Å². The van der Waals surface area contributed by atoms with Crippen LogP contribution in [0.1, 0.15) is 5.56 Å². The summed E-state index contributed by atoms with van der Waals surface area (Å²) in [5.74, 6) is -0.342. The van der Waals surface area contributed by atoms with Crippen molar-refractivity contribution in [3.05, 3.63) is 72.6 Å². The molecule has 0 fully saturated rings. The molecule has 0 aliphatic rings. The molecule has 1 aromatic heterocycles. The van der Waals surface area contributed by atoms with Crippen molar-refractivity contribution >= 4 is 26.7 Å². The second-order valence-corrected chi connectivity index (χ2v) is 8.28. The van der Waals surface area contributed by atoms with Gasteiger partial charge in [0.1, 0.15) is 0 Å². The van der Waals surface area contributed by atoms with Gasteiger partial charge in [0, 0.05) is 26.0 Å². The van der Waals surface area contributed by atoms with Gasteiger partial charge in [-0.3, -0.25) is 9.78 Å². The molecular formula is C20H21N3O3S. The first-order chi connectivity index (χ1) is 13.0. The molecule has 2 aromatic carbocycles. The van der Waals surface area contributed by atoms with E-state index in [4.69, 9.17) is 0 Å². The highest BCUT2D eigenvalue weighted by atomic mass is 32.2. The van der Waals surface area contributed by atoms with Crippen molar-refractivity contribution < 1.29 is 13.2 Å². The highest BCUT2D eigenvalue weighted by Crippen LogP contribution is 2.21. The van der Waals surface area contributed by atoms with E-state index in [1.54, 1.807) is 30.6 Å². The maximum atomic E-state index is 12.7. The molecule has 1 amide bonds. The number of carbonyl (C=O) groups excluding carboxylic acids is 1. The summed E-state index contributed by atoms with van der Waals surface area (Å²) in [6.07, 6.45) is 4.07. The van der Waals surface area contributed by atoms with Crippen LogP contribution in [0.5, 0.6) is 0 Å². The standard InChI is InChI=1S/C20H21N3O3S/c1-23(15-20(24)22-12-10-16-5-4-11-21-14-16)27(25,26)19-9-8-17-6-2-3-7-18(17)13-19/h2-9,11,13-14H,10,12,15H2,1H3,(H,22,24). The minimum atomic E-state index is -3.74. The second kappa shape index (κ2) is 8.28. The van der Waals surface area contributed by atoms with E-state index < -0.39 is 10.0 Å². The van der Waals surface area contributed by atoms with Crippen molar-refractivity contribution in [1.29, 1.82) is 0 Å². The topological polar surface area (TPSA) is 79.4 Å². The minimum absolute atomic E-state index is 0.173. The van der Waals surface area contributed by atoms with Gasteiger partial charge in [-0.25, -0.2) is 8.42 Å². The van der Waals surface area contributed by atoms with Crippen LogP contribution in [0.2, 0.25) is 0 Å². The number of nitrogens with one attached hydrogen (secondary N) is 1. The van der Waals surface area contributed by atoms with Crippen molar-refractivity contribution in [2.75, 3.05) is 20.1 Å². The average molecular weight is 383 g/mol. The Bertz CT molecular complexity index is 1040. The molecule has 0 radical (unpaired) electrons. The fourth-order valence-electron chi connectivity index (χ4n) is 2.74. The quantitative estimate of drug-likeness (QED) is 0.678. The summed E-state index contributed by atoms with van der Waals surface area (Å²) < 4.78 is 26.6. The summed E-state index contributed by atoms with van der Waals surface area (Å²) in [6, 6.07) is 16.3. The molecule has 0 atom stereocenters. The van der Waals surface area contributed by atoms with Gasteiger partial charge in [0.05, 0.1) is 11.4 Å². The fraction of sp³-hybridized carbons (Fsp3) is 0.200. The van der Waals surface area contributed by atoms with Crippen LogP contribution < -0.4 is 5.32 Å². The number of fused-ring (bicyclic) bond motifs is 1. The highest BCUT2D eigenvalue weighted by molar-refractivity contribution is 7.89. The summed E-state index contributed by atoms with van der Waals surface area (Å²) in [5, 5.41) is 4.55. The number of benzene rings is 2. The predicted octanol–water partition coefficient (Wildman–Crippen LogP) is 2.21. The third-order valence-electron chi connectivity index (χ3n) is 4.25. The molecule has 6 nitrogen and oxygen atoms in total. The van der Waals surface area contributed by atoms with E-state index in [1.165, 1.54) is 7.05 Å². The molecule has 0 unspecified atom stereocenters. The zero-order chi connectivity index (χ0) is 19.3. The lowest BCUT2D eigenvalue weighted by Gasteiger charge is -2.17. The van der Waals surface area contributed by atoms with Crippen LogP contribution in [0, 0.1) is 0 Å². The lowest BCUT2D eigenvalue weighted by Crippen LogP contribution is -2.39.